The quantitative estimate of drug-likeness (QED) is 0.626. The van der Waals surface area contributed by atoms with Crippen LogP contribution in [0.15, 0.2) is 30.6 Å². The van der Waals surface area contributed by atoms with E-state index in [0.29, 0.717) is 47.8 Å². The average Bonchev–Trinajstić information content (AvgIpc) is 3.12. The lowest BCUT2D eigenvalue weighted by Crippen LogP contribution is -2.62. The van der Waals surface area contributed by atoms with Crippen LogP contribution in [0.4, 0.5) is 30.8 Å². The second-order valence-electron chi connectivity index (χ2n) is 8.44. The predicted molar refractivity (Wildman–Crippen MR) is 119 cm³/mol. The van der Waals surface area contributed by atoms with E-state index in [9.17, 15) is 13.6 Å². The number of hydrogen-bond acceptors (Lipinski definition) is 7. The van der Waals surface area contributed by atoms with Crippen LogP contribution in [-0.4, -0.2) is 60.4 Å². The smallest absolute Gasteiger partial charge is 0.415 e. The first-order valence-corrected chi connectivity index (χ1v) is 10.6. The molecule has 1 spiro atoms. The zero-order valence-electron chi connectivity index (χ0n) is 18.5. The number of aromatic nitrogens is 2. The van der Waals surface area contributed by atoms with Gasteiger partial charge in [0.2, 0.25) is 0 Å². The van der Waals surface area contributed by atoms with Crippen molar-refractivity contribution in [3.05, 3.63) is 47.8 Å². The molecule has 2 aromatic carbocycles. The van der Waals surface area contributed by atoms with Gasteiger partial charge in [-0.3, -0.25) is 9.80 Å². The van der Waals surface area contributed by atoms with Crippen LogP contribution in [0.3, 0.4) is 0 Å². The van der Waals surface area contributed by atoms with E-state index in [-0.39, 0.29) is 17.7 Å². The van der Waals surface area contributed by atoms with E-state index < -0.39 is 23.3 Å². The number of likely N-dealkylation sites (tertiary alicyclic amines) is 1. The Balaban J connectivity index is 1.56. The normalized spacial score (nSPS) is 17.4. The Bertz CT molecular complexity index is 1260. The van der Waals surface area contributed by atoms with E-state index >= 15 is 0 Å². The van der Waals surface area contributed by atoms with Gasteiger partial charge < -0.3 is 14.8 Å². The summed E-state index contributed by atoms with van der Waals surface area (Å²) in [7, 11) is 3.48. The molecule has 0 bridgehead atoms. The van der Waals surface area contributed by atoms with Gasteiger partial charge in [0.25, 0.3) is 0 Å². The van der Waals surface area contributed by atoms with Gasteiger partial charge in [0.1, 0.15) is 23.7 Å². The third-order valence-corrected chi connectivity index (χ3v) is 6.11. The van der Waals surface area contributed by atoms with Gasteiger partial charge in [-0.25, -0.2) is 23.5 Å². The number of amides is 1. The second-order valence-corrected chi connectivity index (χ2v) is 8.44. The minimum Gasteiger partial charge on any atom is -0.494 e. The first-order chi connectivity index (χ1) is 15.8. The minimum atomic E-state index is -0.669. The van der Waals surface area contributed by atoms with Crippen LogP contribution < -0.4 is 15.0 Å². The molecule has 0 radical (unpaired) electrons. The summed E-state index contributed by atoms with van der Waals surface area (Å²) < 4.78 is 40.0. The predicted octanol–water partition coefficient (Wildman–Crippen LogP) is 3.86. The molecule has 3 aromatic rings. The van der Waals surface area contributed by atoms with Crippen molar-refractivity contribution < 1.29 is 23.0 Å². The fourth-order valence-corrected chi connectivity index (χ4v) is 4.60. The number of ether oxygens (including phenoxy) is 2. The van der Waals surface area contributed by atoms with Crippen LogP contribution >= 0.6 is 0 Å². The van der Waals surface area contributed by atoms with Crippen molar-refractivity contribution in [2.45, 2.75) is 18.9 Å². The Kier molecular flexibility index (Phi) is 5.04. The largest absolute Gasteiger partial charge is 0.494 e. The number of hydrogen-bond donors (Lipinski definition) is 1. The molecule has 0 atom stereocenters. The molecule has 2 aliphatic rings. The van der Waals surface area contributed by atoms with Crippen LogP contribution in [0.2, 0.25) is 0 Å². The second kappa shape index (κ2) is 7.80. The summed E-state index contributed by atoms with van der Waals surface area (Å²) >= 11 is 0. The molecule has 33 heavy (non-hydrogen) atoms. The monoisotopic (exact) mass is 455 g/mol. The van der Waals surface area contributed by atoms with E-state index in [1.807, 2.05) is 7.05 Å². The number of likely N-dealkylation sites (N-methyl/N-ethyl adjacent to an activating group) is 1. The Labute approximate surface area is 189 Å². The van der Waals surface area contributed by atoms with Crippen molar-refractivity contribution in [3.63, 3.8) is 0 Å². The van der Waals surface area contributed by atoms with Crippen LogP contribution in [0, 0.1) is 11.6 Å². The van der Waals surface area contributed by atoms with Crippen LogP contribution in [-0.2, 0) is 11.2 Å². The number of nitrogens with one attached hydrogen (secondary N) is 1. The van der Waals surface area contributed by atoms with Crippen molar-refractivity contribution in [2.75, 3.05) is 44.0 Å². The van der Waals surface area contributed by atoms with Crippen molar-refractivity contribution >= 4 is 34.2 Å². The average molecular weight is 455 g/mol. The fraction of sp³-hybridized carbons (Fsp3) is 0.348. The maximum atomic E-state index is 14.8. The summed E-state index contributed by atoms with van der Waals surface area (Å²) in [5, 5.41) is 3.50. The first kappa shape index (κ1) is 21.3. The molecule has 8 nitrogen and oxygen atoms in total. The highest BCUT2D eigenvalue weighted by molar-refractivity contribution is 6.00. The topological polar surface area (TPSA) is 79.8 Å². The van der Waals surface area contributed by atoms with Crippen molar-refractivity contribution in [3.8, 4) is 5.75 Å². The lowest BCUT2D eigenvalue weighted by Gasteiger charge is -2.43. The minimum absolute atomic E-state index is 0.00343. The Morgan fingerprint density at radius 1 is 1.21 bits per heavy atom. The number of benzene rings is 2. The fourth-order valence-electron chi connectivity index (χ4n) is 4.60. The number of halogens is 2. The van der Waals surface area contributed by atoms with E-state index in [4.69, 9.17) is 9.47 Å². The molecule has 2 aliphatic heterocycles. The summed E-state index contributed by atoms with van der Waals surface area (Å²) in [6.45, 7) is 3.39. The summed E-state index contributed by atoms with van der Waals surface area (Å²) in [6.07, 6.45) is 1.10. The third kappa shape index (κ3) is 3.50. The summed E-state index contributed by atoms with van der Waals surface area (Å²) in [6, 6.07) is 5.97. The SMILES string of the molecule is CCc1c(F)ccc(Nc2ncnc3cc(OC)c(N4CC5(CN(C)C5)OC4=O)cc23)c1F. The highest BCUT2D eigenvalue weighted by Gasteiger charge is 2.53. The number of carbonyl (C=O) groups is 1. The number of methoxy groups -OCH3 is 1. The first-order valence-electron chi connectivity index (χ1n) is 10.6. The van der Waals surface area contributed by atoms with Gasteiger partial charge in [-0.05, 0) is 31.7 Å². The van der Waals surface area contributed by atoms with Crippen LogP contribution in [0.25, 0.3) is 10.9 Å². The Morgan fingerprint density at radius 2 is 2.00 bits per heavy atom. The highest BCUT2D eigenvalue weighted by Crippen LogP contribution is 2.41. The Hall–Kier alpha value is -3.53. The van der Waals surface area contributed by atoms with E-state index in [0.717, 1.165) is 0 Å². The van der Waals surface area contributed by atoms with Gasteiger partial charge in [-0.1, -0.05) is 6.92 Å². The van der Waals surface area contributed by atoms with Gasteiger partial charge in [-0.2, -0.15) is 0 Å². The molecule has 10 heteroatoms. The molecule has 0 saturated carbocycles. The molecule has 5 rings (SSSR count). The standard InChI is InChI=1S/C23H23F2N5O3/c1-4-13-15(24)5-6-16(20(13)25)28-21-14-7-18(19(32-3)8-17(14)26-12-27-21)30-11-23(33-22(30)31)9-29(2)10-23/h5-8,12H,4,9-11H2,1-3H3,(H,26,27,28). The number of rotatable bonds is 5. The molecule has 2 saturated heterocycles. The molecular formula is C23H23F2N5O3. The van der Waals surface area contributed by atoms with Gasteiger partial charge >= 0.3 is 6.09 Å². The van der Waals surface area contributed by atoms with E-state index in [1.165, 1.54) is 30.5 Å². The third-order valence-electron chi connectivity index (χ3n) is 6.11. The summed E-state index contributed by atoms with van der Waals surface area (Å²) in [5.41, 5.74) is 0.609. The molecule has 1 amide bonds. The van der Waals surface area contributed by atoms with Gasteiger partial charge in [0.05, 0.1) is 30.5 Å². The molecule has 2 fully saturated rings. The lowest BCUT2D eigenvalue weighted by atomic mass is 9.95. The van der Waals surface area contributed by atoms with Crippen LogP contribution in [0.5, 0.6) is 5.75 Å². The maximum Gasteiger partial charge on any atom is 0.415 e. The maximum absolute atomic E-state index is 14.8. The van der Waals surface area contributed by atoms with E-state index in [1.54, 1.807) is 19.1 Å². The number of anilines is 3. The van der Waals surface area contributed by atoms with Crippen molar-refractivity contribution in [1.82, 2.24) is 14.9 Å². The zero-order valence-corrected chi connectivity index (χ0v) is 18.5. The van der Waals surface area contributed by atoms with Crippen molar-refractivity contribution in [1.29, 1.82) is 0 Å². The number of fused-ring (bicyclic) bond motifs is 1. The highest BCUT2D eigenvalue weighted by atomic mass is 19.1. The van der Waals surface area contributed by atoms with Gasteiger partial charge in [-0.15, -0.1) is 0 Å². The molecule has 1 N–H and O–H groups in total. The molecule has 172 valence electrons. The van der Waals surface area contributed by atoms with Crippen molar-refractivity contribution in [2.24, 2.45) is 0 Å². The summed E-state index contributed by atoms with van der Waals surface area (Å²) in [5.74, 6) is -0.488. The molecule has 3 heterocycles. The number of carbonyl (C=O) groups excluding carboxylic acids is 1. The van der Waals surface area contributed by atoms with Gasteiger partial charge in [0, 0.05) is 30.1 Å². The summed E-state index contributed by atoms with van der Waals surface area (Å²) in [4.78, 5) is 24.9. The molecule has 1 aromatic heterocycles. The Morgan fingerprint density at radius 3 is 2.70 bits per heavy atom. The van der Waals surface area contributed by atoms with Crippen LogP contribution in [0.1, 0.15) is 12.5 Å². The molecule has 0 aliphatic carbocycles. The van der Waals surface area contributed by atoms with Gasteiger partial charge in [0.15, 0.2) is 11.4 Å². The number of nitrogens with zero attached hydrogens (tertiary/aromatic N) is 4. The zero-order chi connectivity index (χ0) is 23.3. The molecule has 0 unspecified atom stereocenters. The van der Waals surface area contributed by atoms with E-state index in [2.05, 4.69) is 20.2 Å². The lowest BCUT2D eigenvalue weighted by molar-refractivity contribution is -0.0599. The molecular weight excluding hydrogens is 432 g/mol.